The maximum Gasteiger partial charge on any atom is 0.312 e. The van der Waals surface area contributed by atoms with Crippen LogP contribution >= 0.6 is 23.4 Å². The molecule has 0 N–H and O–H groups in total. The van der Waals surface area contributed by atoms with Crippen molar-refractivity contribution in [2.75, 3.05) is 5.75 Å². The monoisotopic (exact) mass is 382 g/mol. The SMILES string of the molecule is O=C(CCSc1ccc(Cl)cc1)Oc1ccc2oc3ccccc3c2c1. The van der Waals surface area contributed by atoms with Crippen molar-refractivity contribution in [3.05, 3.63) is 71.8 Å². The summed E-state index contributed by atoms with van der Waals surface area (Å²) in [4.78, 5) is 13.2. The number of esters is 1. The molecule has 0 aliphatic heterocycles. The standard InChI is InChI=1S/C21H15ClO3S/c22-14-5-8-16(9-6-14)26-12-11-21(23)24-15-7-10-20-18(13-15)17-3-1-2-4-19(17)25-20/h1-10,13H,11-12H2. The Kier molecular flexibility index (Phi) is 4.87. The second-order valence-corrected chi connectivity index (χ2v) is 7.39. The molecule has 0 radical (unpaired) electrons. The number of thioether (sulfide) groups is 1. The summed E-state index contributed by atoms with van der Waals surface area (Å²) in [6.07, 6.45) is 0.331. The van der Waals surface area contributed by atoms with Crippen LogP contribution < -0.4 is 4.74 Å². The van der Waals surface area contributed by atoms with E-state index < -0.39 is 0 Å². The number of ether oxygens (including phenoxy) is 1. The van der Waals surface area contributed by atoms with Gasteiger partial charge in [-0.15, -0.1) is 11.8 Å². The molecule has 26 heavy (non-hydrogen) atoms. The quantitative estimate of drug-likeness (QED) is 0.230. The average Bonchev–Trinajstić information content (AvgIpc) is 3.01. The normalized spacial score (nSPS) is 11.1. The van der Waals surface area contributed by atoms with Crippen LogP contribution in [-0.4, -0.2) is 11.7 Å². The minimum atomic E-state index is -0.251. The number of hydrogen-bond acceptors (Lipinski definition) is 4. The zero-order valence-corrected chi connectivity index (χ0v) is 15.3. The molecule has 3 nitrogen and oxygen atoms in total. The lowest BCUT2D eigenvalue weighted by Gasteiger charge is -2.05. The van der Waals surface area contributed by atoms with Gasteiger partial charge < -0.3 is 9.15 Å². The van der Waals surface area contributed by atoms with E-state index in [0.717, 1.165) is 26.8 Å². The Bertz CT molecular complexity index is 1070. The second kappa shape index (κ2) is 7.44. The highest BCUT2D eigenvalue weighted by atomic mass is 35.5. The molecule has 3 aromatic carbocycles. The Morgan fingerprint density at radius 2 is 1.73 bits per heavy atom. The van der Waals surface area contributed by atoms with E-state index in [1.807, 2.05) is 60.7 Å². The van der Waals surface area contributed by atoms with Crippen LogP contribution in [0.4, 0.5) is 0 Å². The van der Waals surface area contributed by atoms with Crippen LogP contribution in [0.25, 0.3) is 21.9 Å². The summed E-state index contributed by atoms with van der Waals surface area (Å²) in [6, 6.07) is 20.8. The summed E-state index contributed by atoms with van der Waals surface area (Å²) in [5.74, 6) is 0.932. The van der Waals surface area contributed by atoms with Gasteiger partial charge in [0.2, 0.25) is 0 Å². The maximum absolute atomic E-state index is 12.1. The Morgan fingerprint density at radius 3 is 2.58 bits per heavy atom. The number of halogens is 1. The van der Waals surface area contributed by atoms with E-state index in [1.165, 1.54) is 0 Å². The molecular weight excluding hydrogens is 368 g/mol. The first-order valence-electron chi connectivity index (χ1n) is 8.19. The molecule has 0 atom stereocenters. The van der Waals surface area contributed by atoms with Crippen LogP contribution in [0.2, 0.25) is 5.02 Å². The van der Waals surface area contributed by atoms with Crippen LogP contribution in [0.1, 0.15) is 6.42 Å². The number of hydrogen-bond donors (Lipinski definition) is 0. The molecule has 5 heteroatoms. The smallest absolute Gasteiger partial charge is 0.312 e. The van der Waals surface area contributed by atoms with Gasteiger partial charge in [-0.25, -0.2) is 0 Å². The predicted octanol–water partition coefficient (Wildman–Crippen LogP) is 6.33. The molecular formula is C21H15ClO3S. The highest BCUT2D eigenvalue weighted by Crippen LogP contribution is 2.31. The molecule has 0 aliphatic carbocycles. The molecule has 4 rings (SSSR count). The van der Waals surface area contributed by atoms with E-state index in [4.69, 9.17) is 20.8 Å². The fourth-order valence-corrected chi connectivity index (χ4v) is 3.69. The Morgan fingerprint density at radius 1 is 0.962 bits per heavy atom. The highest BCUT2D eigenvalue weighted by Gasteiger charge is 2.10. The Labute approximate surface area is 159 Å². The lowest BCUT2D eigenvalue weighted by molar-refractivity contribution is -0.133. The Balaban J connectivity index is 1.40. The summed E-state index contributed by atoms with van der Waals surface area (Å²) in [5, 5.41) is 2.66. The van der Waals surface area contributed by atoms with Crippen molar-refractivity contribution in [3.63, 3.8) is 0 Å². The summed E-state index contributed by atoms with van der Waals surface area (Å²) >= 11 is 7.47. The fraction of sp³-hybridized carbons (Fsp3) is 0.0952. The summed E-state index contributed by atoms with van der Waals surface area (Å²) in [5.41, 5.74) is 1.61. The third-order valence-corrected chi connectivity index (χ3v) is 5.23. The van der Waals surface area contributed by atoms with Crippen molar-refractivity contribution in [1.29, 1.82) is 0 Å². The molecule has 1 heterocycles. The highest BCUT2D eigenvalue weighted by molar-refractivity contribution is 7.99. The molecule has 0 fully saturated rings. The molecule has 0 saturated carbocycles. The maximum atomic E-state index is 12.1. The van der Waals surface area contributed by atoms with Gasteiger partial charge in [0.15, 0.2) is 0 Å². The van der Waals surface area contributed by atoms with Crippen LogP contribution in [0.5, 0.6) is 5.75 Å². The van der Waals surface area contributed by atoms with E-state index in [0.29, 0.717) is 22.9 Å². The molecule has 0 unspecified atom stereocenters. The molecule has 0 bridgehead atoms. The van der Waals surface area contributed by atoms with Gasteiger partial charge in [-0.05, 0) is 48.5 Å². The van der Waals surface area contributed by atoms with Gasteiger partial charge in [-0.3, -0.25) is 4.79 Å². The first kappa shape index (κ1) is 17.0. The molecule has 0 amide bonds. The molecule has 0 aliphatic rings. The van der Waals surface area contributed by atoms with Gasteiger partial charge in [-0.2, -0.15) is 0 Å². The molecule has 0 saturated heterocycles. The number of para-hydroxylation sites is 1. The Hall–Kier alpha value is -2.43. The van der Waals surface area contributed by atoms with Gasteiger partial charge in [0.25, 0.3) is 0 Å². The van der Waals surface area contributed by atoms with Crippen LogP contribution in [0.3, 0.4) is 0 Å². The van der Waals surface area contributed by atoms with Crippen molar-refractivity contribution in [3.8, 4) is 5.75 Å². The molecule has 1 aromatic heterocycles. The fourth-order valence-electron chi connectivity index (χ4n) is 2.73. The summed E-state index contributed by atoms with van der Waals surface area (Å²) in [6.45, 7) is 0. The zero-order valence-electron chi connectivity index (χ0n) is 13.8. The number of furan rings is 1. The third-order valence-electron chi connectivity index (χ3n) is 3.97. The lowest BCUT2D eigenvalue weighted by atomic mass is 10.1. The van der Waals surface area contributed by atoms with Crippen molar-refractivity contribution in [1.82, 2.24) is 0 Å². The average molecular weight is 383 g/mol. The molecule has 0 spiro atoms. The number of carbonyl (C=O) groups is 1. The van der Waals surface area contributed by atoms with Crippen LogP contribution in [0.15, 0.2) is 76.0 Å². The molecule has 130 valence electrons. The van der Waals surface area contributed by atoms with Gasteiger partial charge in [0.1, 0.15) is 16.9 Å². The molecule has 4 aromatic rings. The van der Waals surface area contributed by atoms with E-state index in [2.05, 4.69) is 0 Å². The van der Waals surface area contributed by atoms with E-state index in [9.17, 15) is 4.79 Å². The first-order chi connectivity index (χ1) is 12.7. The minimum absolute atomic E-state index is 0.251. The van der Waals surface area contributed by atoms with E-state index >= 15 is 0 Å². The van der Waals surface area contributed by atoms with Crippen molar-refractivity contribution >= 4 is 51.3 Å². The number of rotatable bonds is 5. The first-order valence-corrected chi connectivity index (χ1v) is 9.56. The van der Waals surface area contributed by atoms with Crippen LogP contribution in [-0.2, 0) is 4.79 Å². The second-order valence-electron chi connectivity index (χ2n) is 5.78. The third kappa shape index (κ3) is 3.71. The minimum Gasteiger partial charge on any atom is -0.456 e. The number of fused-ring (bicyclic) bond motifs is 3. The van der Waals surface area contributed by atoms with Crippen molar-refractivity contribution < 1.29 is 13.9 Å². The largest absolute Gasteiger partial charge is 0.456 e. The number of carbonyl (C=O) groups excluding carboxylic acids is 1. The topological polar surface area (TPSA) is 39.4 Å². The zero-order chi connectivity index (χ0) is 17.9. The van der Waals surface area contributed by atoms with E-state index in [1.54, 1.807) is 17.8 Å². The van der Waals surface area contributed by atoms with Gasteiger partial charge in [0.05, 0.1) is 6.42 Å². The van der Waals surface area contributed by atoms with E-state index in [-0.39, 0.29) is 5.97 Å². The predicted molar refractivity (Wildman–Crippen MR) is 106 cm³/mol. The van der Waals surface area contributed by atoms with Crippen molar-refractivity contribution in [2.24, 2.45) is 0 Å². The number of benzene rings is 3. The van der Waals surface area contributed by atoms with Gasteiger partial charge in [-0.1, -0.05) is 29.8 Å². The van der Waals surface area contributed by atoms with Crippen LogP contribution in [0, 0.1) is 0 Å². The lowest BCUT2D eigenvalue weighted by Crippen LogP contribution is -2.08. The summed E-state index contributed by atoms with van der Waals surface area (Å²) < 4.78 is 11.3. The summed E-state index contributed by atoms with van der Waals surface area (Å²) in [7, 11) is 0. The van der Waals surface area contributed by atoms with Gasteiger partial charge >= 0.3 is 5.97 Å². The van der Waals surface area contributed by atoms with Gasteiger partial charge in [0, 0.05) is 26.4 Å². The van der Waals surface area contributed by atoms with Crippen molar-refractivity contribution in [2.45, 2.75) is 11.3 Å².